The van der Waals surface area contributed by atoms with Crippen molar-refractivity contribution in [1.82, 2.24) is 4.57 Å². The first-order chi connectivity index (χ1) is 4.93. The van der Waals surface area contributed by atoms with E-state index >= 15 is 0 Å². The highest BCUT2D eigenvalue weighted by molar-refractivity contribution is 6.39. The number of rotatable bonds is 3. The second kappa shape index (κ2) is 4.33. The van der Waals surface area contributed by atoms with E-state index in [-0.39, 0.29) is 9.68 Å². The van der Waals surface area contributed by atoms with Gasteiger partial charge in [-0.3, -0.25) is 0 Å². The van der Waals surface area contributed by atoms with Crippen molar-refractivity contribution in [2.24, 2.45) is 0 Å². The minimum absolute atomic E-state index is 0.0319. The SMILES string of the molecule is CCCCN1C=CC=C[SiH2]1. The van der Waals surface area contributed by atoms with Crippen molar-refractivity contribution in [2.45, 2.75) is 19.8 Å². The molecular formula is C8H15NSi. The molecule has 1 rings (SSSR count). The maximum atomic E-state index is 2.48. The lowest BCUT2D eigenvalue weighted by Crippen LogP contribution is -2.23. The smallest absolute Gasteiger partial charge is 0.147 e. The predicted molar refractivity (Wildman–Crippen MR) is 48.4 cm³/mol. The van der Waals surface area contributed by atoms with E-state index < -0.39 is 0 Å². The Hall–Kier alpha value is -0.503. The number of unbranched alkanes of at least 4 members (excludes halogenated alkanes) is 1. The quantitative estimate of drug-likeness (QED) is 0.551. The summed E-state index contributed by atoms with van der Waals surface area (Å²) < 4.78 is 2.48. The normalized spacial score (nSPS) is 18.7. The van der Waals surface area contributed by atoms with Gasteiger partial charge in [-0.25, -0.2) is 0 Å². The summed E-state index contributed by atoms with van der Waals surface area (Å²) in [6, 6.07) is 0. The molecule has 0 amide bonds. The fraction of sp³-hybridized carbons (Fsp3) is 0.500. The highest BCUT2D eigenvalue weighted by Crippen LogP contribution is 1.98. The van der Waals surface area contributed by atoms with Crippen molar-refractivity contribution in [3.8, 4) is 0 Å². The minimum Gasteiger partial charge on any atom is -0.405 e. The number of nitrogens with zero attached hydrogens (tertiary/aromatic N) is 1. The van der Waals surface area contributed by atoms with Gasteiger partial charge in [0.2, 0.25) is 0 Å². The monoisotopic (exact) mass is 153 g/mol. The van der Waals surface area contributed by atoms with E-state index in [9.17, 15) is 0 Å². The molecule has 0 saturated heterocycles. The lowest BCUT2D eigenvalue weighted by molar-refractivity contribution is 0.555. The zero-order valence-corrected chi connectivity index (χ0v) is 8.00. The summed E-state index contributed by atoms with van der Waals surface area (Å²) >= 11 is 0. The van der Waals surface area contributed by atoms with Crippen LogP contribution < -0.4 is 0 Å². The lowest BCUT2D eigenvalue weighted by atomic mass is 10.3. The van der Waals surface area contributed by atoms with E-state index in [1.165, 1.54) is 19.4 Å². The Labute approximate surface area is 65.3 Å². The third-order valence-electron chi connectivity index (χ3n) is 1.68. The van der Waals surface area contributed by atoms with Gasteiger partial charge in [0, 0.05) is 6.54 Å². The standard InChI is InChI=1S/C8H15NSi/c1-2-3-6-9-7-4-5-8-10-9/h4-5,7-8H,2-3,6,10H2,1H3. The molecule has 56 valence electrons. The summed E-state index contributed by atoms with van der Waals surface area (Å²) in [5.74, 6) is 0. The Morgan fingerprint density at radius 2 is 2.30 bits per heavy atom. The zero-order chi connectivity index (χ0) is 7.23. The largest absolute Gasteiger partial charge is 0.405 e. The van der Waals surface area contributed by atoms with E-state index in [1.54, 1.807) is 0 Å². The summed E-state index contributed by atoms with van der Waals surface area (Å²) in [7, 11) is -0.0319. The van der Waals surface area contributed by atoms with Crippen LogP contribution >= 0.6 is 0 Å². The molecular weight excluding hydrogens is 138 g/mol. The van der Waals surface area contributed by atoms with Gasteiger partial charge in [-0.2, -0.15) is 0 Å². The molecule has 0 unspecified atom stereocenters. The van der Waals surface area contributed by atoms with Crippen LogP contribution in [0.2, 0.25) is 0 Å². The molecule has 1 aliphatic heterocycles. The first-order valence-electron chi connectivity index (χ1n) is 4.01. The summed E-state index contributed by atoms with van der Waals surface area (Å²) in [5, 5.41) is 0. The van der Waals surface area contributed by atoms with Crippen molar-refractivity contribution in [2.75, 3.05) is 6.54 Å². The van der Waals surface area contributed by atoms with Crippen LogP contribution in [0.15, 0.2) is 24.1 Å². The molecule has 0 N–H and O–H groups in total. The third-order valence-corrected chi connectivity index (χ3v) is 3.16. The molecule has 10 heavy (non-hydrogen) atoms. The zero-order valence-electron chi connectivity index (χ0n) is 6.59. The fourth-order valence-electron chi connectivity index (χ4n) is 1.03. The maximum absolute atomic E-state index is 2.48. The minimum atomic E-state index is -0.0319. The van der Waals surface area contributed by atoms with Gasteiger partial charge >= 0.3 is 0 Å². The topological polar surface area (TPSA) is 3.24 Å². The van der Waals surface area contributed by atoms with Crippen LogP contribution in [-0.2, 0) is 0 Å². The van der Waals surface area contributed by atoms with Crippen molar-refractivity contribution >= 4 is 9.68 Å². The Bertz CT molecular complexity index is 140. The van der Waals surface area contributed by atoms with Gasteiger partial charge in [0.25, 0.3) is 0 Å². The molecule has 0 radical (unpaired) electrons. The predicted octanol–water partition coefficient (Wildman–Crippen LogP) is 1.21. The van der Waals surface area contributed by atoms with Crippen molar-refractivity contribution in [3.63, 3.8) is 0 Å². The summed E-state index contributed by atoms with van der Waals surface area (Å²) in [4.78, 5) is 0. The van der Waals surface area contributed by atoms with Crippen LogP contribution in [0, 0.1) is 0 Å². The average molecular weight is 153 g/mol. The van der Waals surface area contributed by atoms with Gasteiger partial charge in [-0.1, -0.05) is 25.1 Å². The summed E-state index contributed by atoms with van der Waals surface area (Å²) in [5.41, 5.74) is 2.33. The summed E-state index contributed by atoms with van der Waals surface area (Å²) in [6.45, 7) is 3.51. The van der Waals surface area contributed by atoms with Crippen LogP contribution in [0.4, 0.5) is 0 Å². The van der Waals surface area contributed by atoms with Crippen LogP contribution in [0.1, 0.15) is 19.8 Å². The van der Waals surface area contributed by atoms with Crippen LogP contribution in [0.5, 0.6) is 0 Å². The van der Waals surface area contributed by atoms with Gasteiger partial charge < -0.3 is 4.57 Å². The molecule has 0 spiro atoms. The lowest BCUT2D eigenvalue weighted by Gasteiger charge is -2.19. The molecule has 0 atom stereocenters. The number of allylic oxidation sites excluding steroid dienone is 2. The van der Waals surface area contributed by atoms with Crippen molar-refractivity contribution < 1.29 is 0 Å². The number of hydrogen-bond acceptors (Lipinski definition) is 1. The molecule has 0 aromatic heterocycles. The van der Waals surface area contributed by atoms with Gasteiger partial charge in [-0.15, -0.1) is 0 Å². The molecule has 0 fully saturated rings. The van der Waals surface area contributed by atoms with Crippen LogP contribution in [0.25, 0.3) is 0 Å². The van der Waals surface area contributed by atoms with E-state index in [0.717, 1.165) is 0 Å². The Morgan fingerprint density at radius 3 is 2.90 bits per heavy atom. The Kier molecular flexibility index (Phi) is 3.29. The molecule has 0 aromatic carbocycles. The van der Waals surface area contributed by atoms with Crippen molar-refractivity contribution in [1.29, 1.82) is 0 Å². The maximum Gasteiger partial charge on any atom is 0.147 e. The molecule has 0 aliphatic carbocycles. The van der Waals surface area contributed by atoms with E-state index in [2.05, 4.69) is 35.5 Å². The van der Waals surface area contributed by atoms with Crippen molar-refractivity contribution in [3.05, 3.63) is 24.1 Å². The average Bonchev–Trinajstić information content (AvgIpc) is 2.03. The molecule has 1 aliphatic rings. The molecule has 0 saturated carbocycles. The Morgan fingerprint density at radius 1 is 1.40 bits per heavy atom. The molecule has 1 heterocycles. The molecule has 0 aromatic rings. The van der Waals surface area contributed by atoms with Crippen LogP contribution in [0.3, 0.4) is 0 Å². The van der Waals surface area contributed by atoms with E-state index in [4.69, 9.17) is 0 Å². The van der Waals surface area contributed by atoms with Gasteiger partial charge in [-0.05, 0) is 18.7 Å². The number of hydrogen-bond donors (Lipinski definition) is 0. The molecule has 0 bridgehead atoms. The first-order valence-corrected chi connectivity index (χ1v) is 5.45. The Balaban J connectivity index is 2.17. The van der Waals surface area contributed by atoms with Gasteiger partial charge in [0.05, 0.1) is 0 Å². The third kappa shape index (κ3) is 2.39. The molecule has 1 nitrogen and oxygen atoms in total. The second-order valence-corrected chi connectivity index (χ2v) is 4.27. The molecule has 2 heteroatoms. The van der Waals surface area contributed by atoms with Gasteiger partial charge in [0.15, 0.2) is 0 Å². The fourth-order valence-corrected chi connectivity index (χ4v) is 2.23. The van der Waals surface area contributed by atoms with E-state index in [1.807, 2.05) is 0 Å². The highest BCUT2D eigenvalue weighted by Gasteiger charge is 1.96. The second-order valence-electron chi connectivity index (χ2n) is 2.62. The summed E-state index contributed by atoms with van der Waals surface area (Å²) in [6.07, 6.45) is 9.16. The van der Waals surface area contributed by atoms with E-state index in [0.29, 0.717) is 0 Å². The first kappa shape index (κ1) is 7.60. The van der Waals surface area contributed by atoms with Gasteiger partial charge in [0.1, 0.15) is 9.68 Å². The highest BCUT2D eigenvalue weighted by atomic mass is 28.2. The van der Waals surface area contributed by atoms with Crippen LogP contribution in [-0.4, -0.2) is 20.8 Å².